The fraction of sp³-hybridized carbons (Fsp3) is 0.188. The smallest absolute Gasteiger partial charge is 0.166 e. The maximum atomic E-state index is 13.2. The maximum absolute atomic E-state index is 13.2. The third-order valence-electron chi connectivity index (χ3n) is 2.84. The largest absolute Gasteiger partial charge is 0.504 e. The zero-order chi connectivity index (χ0) is 14.5. The zero-order valence-corrected chi connectivity index (χ0v) is 11.4. The number of nitrogens with zero attached hydrogens (tertiary/aromatic N) is 1. The predicted octanol–water partition coefficient (Wildman–Crippen LogP) is 3.99. The van der Waals surface area contributed by atoms with Gasteiger partial charge >= 0.3 is 0 Å². The summed E-state index contributed by atoms with van der Waals surface area (Å²) in [4.78, 5) is 4.22. The molecule has 0 saturated carbocycles. The van der Waals surface area contributed by atoms with Crippen LogP contribution in [0.2, 0.25) is 0 Å². The molecule has 2 aromatic rings. The van der Waals surface area contributed by atoms with Crippen LogP contribution < -0.4 is 4.74 Å². The van der Waals surface area contributed by atoms with Crippen molar-refractivity contribution < 1.29 is 14.2 Å². The Labute approximate surface area is 117 Å². The standard InChI is InChI=1S/C16H16FNO2/c1-3-20-15-6-4-5-12(16(15)19)10-18-14-9-13(17)8-7-11(14)2/h4-10,19H,3H2,1-2H3. The third kappa shape index (κ3) is 3.15. The highest BCUT2D eigenvalue weighted by molar-refractivity contribution is 5.86. The minimum Gasteiger partial charge on any atom is -0.504 e. The summed E-state index contributed by atoms with van der Waals surface area (Å²) >= 11 is 0. The van der Waals surface area contributed by atoms with Crippen LogP contribution >= 0.6 is 0 Å². The summed E-state index contributed by atoms with van der Waals surface area (Å²) in [6, 6.07) is 9.58. The van der Waals surface area contributed by atoms with Crippen molar-refractivity contribution >= 4 is 11.9 Å². The first-order valence-corrected chi connectivity index (χ1v) is 6.37. The quantitative estimate of drug-likeness (QED) is 0.856. The summed E-state index contributed by atoms with van der Waals surface area (Å²) in [6.45, 7) is 4.16. The zero-order valence-electron chi connectivity index (χ0n) is 11.4. The molecule has 0 saturated heterocycles. The van der Waals surface area contributed by atoms with E-state index in [9.17, 15) is 9.50 Å². The Kier molecular flexibility index (Phi) is 4.35. The van der Waals surface area contributed by atoms with Gasteiger partial charge in [0.2, 0.25) is 0 Å². The number of halogens is 1. The van der Waals surface area contributed by atoms with E-state index < -0.39 is 0 Å². The molecule has 0 amide bonds. The molecule has 2 aromatic carbocycles. The lowest BCUT2D eigenvalue weighted by Crippen LogP contribution is -1.93. The Bertz CT molecular complexity index is 638. The van der Waals surface area contributed by atoms with E-state index in [1.54, 1.807) is 24.3 Å². The maximum Gasteiger partial charge on any atom is 0.166 e. The van der Waals surface area contributed by atoms with Gasteiger partial charge in [0.15, 0.2) is 11.5 Å². The highest BCUT2D eigenvalue weighted by Gasteiger charge is 2.06. The molecular formula is C16H16FNO2. The van der Waals surface area contributed by atoms with Crippen LogP contribution in [0, 0.1) is 12.7 Å². The van der Waals surface area contributed by atoms with E-state index in [1.807, 2.05) is 13.8 Å². The molecule has 0 unspecified atom stereocenters. The lowest BCUT2D eigenvalue weighted by molar-refractivity contribution is 0.318. The van der Waals surface area contributed by atoms with E-state index in [0.717, 1.165) is 5.56 Å². The van der Waals surface area contributed by atoms with Crippen molar-refractivity contribution in [2.45, 2.75) is 13.8 Å². The number of hydrogen-bond donors (Lipinski definition) is 1. The number of benzene rings is 2. The normalized spacial score (nSPS) is 10.9. The van der Waals surface area contributed by atoms with Crippen molar-refractivity contribution in [3.8, 4) is 11.5 Å². The summed E-state index contributed by atoms with van der Waals surface area (Å²) in [5.41, 5.74) is 1.92. The monoisotopic (exact) mass is 273 g/mol. The second kappa shape index (κ2) is 6.19. The first-order chi connectivity index (χ1) is 9.61. The number of para-hydroxylation sites is 1. The van der Waals surface area contributed by atoms with E-state index in [-0.39, 0.29) is 11.6 Å². The molecule has 0 fully saturated rings. The highest BCUT2D eigenvalue weighted by Crippen LogP contribution is 2.29. The van der Waals surface area contributed by atoms with Crippen molar-refractivity contribution in [3.63, 3.8) is 0 Å². The predicted molar refractivity (Wildman–Crippen MR) is 77.7 cm³/mol. The van der Waals surface area contributed by atoms with Gasteiger partial charge in [0, 0.05) is 11.8 Å². The molecule has 3 nitrogen and oxygen atoms in total. The SMILES string of the molecule is CCOc1cccc(C=Nc2cc(F)ccc2C)c1O. The summed E-state index contributed by atoms with van der Waals surface area (Å²) in [7, 11) is 0. The first-order valence-electron chi connectivity index (χ1n) is 6.37. The van der Waals surface area contributed by atoms with Gasteiger partial charge < -0.3 is 9.84 Å². The fourth-order valence-corrected chi connectivity index (χ4v) is 1.78. The van der Waals surface area contributed by atoms with E-state index in [0.29, 0.717) is 23.6 Å². The van der Waals surface area contributed by atoms with Gasteiger partial charge in [-0.2, -0.15) is 0 Å². The summed E-state index contributed by atoms with van der Waals surface area (Å²) in [5.74, 6) is 0.106. The molecule has 0 aliphatic heterocycles. The van der Waals surface area contributed by atoms with E-state index in [1.165, 1.54) is 18.3 Å². The Balaban J connectivity index is 2.32. The van der Waals surface area contributed by atoms with Crippen LogP contribution in [0.1, 0.15) is 18.1 Å². The van der Waals surface area contributed by atoms with Gasteiger partial charge in [0.1, 0.15) is 5.82 Å². The number of hydrogen-bond acceptors (Lipinski definition) is 3. The Hall–Kier alpha value is -2.36. The number of rotatable bonds is 4. The summed E-state index contributed by atoms with van der Waals surface area (Å²) in [6.07, 6.45) is 1.50. The molecule has 0 spiro atoms. The molecule has 0 radical (unpaired) electrons. The topological polar surface area (TPSA) is 41.8 Å². The molecule has 0 heterocycles. The number of phenolic OH excluding ortho intramolecular Hbond substituents is 1. The first kappa shape index (κ1) is 14.1. The number of phenols is 1. The van der Waals surface area contributed by atoms with Crippen LogP contribution in [0.4, 0.5) is 10.1 Å². The number of aryl methyl sites for hydroxylation is 1. The van der Waals surface area contributed by atoms with Gasteiger partial charge in [-0.3, -0.25) is 4.99 Å². The lowest BCUT2D eigenvalue weighted by atomic mass is 10.2. The van der Waals surface area contributed by atoms with Crippen molar-refractivity contribution in [1.29, 1.82) is 0 Å². The van der Waals surface area contributed by atoms with Gasteiger partial charge in [-0.25, -0.2) is 4.39 Å². The molecule has 0 bridgehead atoms. The van der Waals surface area contributed by atoms with Crippen LogP contribution in [-0.4, -0.2) is 17.9 Å². The third-order valence-corrected chi connectivity index (χ3v) is 2.84. The average molecular weight is 273 g/mol. The Morgan fingerprint density at radius 2 is 2.10 bits per heavy atom. The van der Waals surface area contributed by atoms with Crippen LogP contribution in [0.25, 0.3) is 0 Å². The minimum absolute atomic E-state index is 0.0344. The van der Waals surface area contributed by atoms with Crippen molar-refractivity contribution in [2.24, 2.45) is 4.99 Å². The minimum atomic E-state index is -0.338. The average Bonchev–Trinajstić information content (AvgIpc) is 2.43. The molecule has 0 aliphatic rings. The Morgan fingerprint density at radius 1 is 1.30 bits per heavy atom. The van der Waals surface area contributed by atoms with Gasteiger partial charge in [-0.05, 0) is 43.7 Å². The van der Waals surface area contributed by atoms with E-state index in [2.05, 4.69) is 4.99 Å². The molecule has 0 aromatic heterocycles. The number of aliphatic imine (C=N–C) groups is 1. The van der Waals surface area contributed by atoms with Crippen LogP contribution in [-0.2, 0) is 0 Å². The number of ether oxygens (including phenoxy) is 1. The molecule has 0 aliphatic carbocycles. The van der Waals surface area contributed by atoms with Gasteiger partial charge in [0.25, 0.3) is 0 Å². The summed E-state index contributed by atoms with van der Waals surface area (Å²) < 4.78 is 18.5. The van der Waals surface area contributed by atoms with Crippen LogP contribution in [0.3, 0.4) is 0 Å². The second-order valence-electron chi connectivity index (χ2n) is 4.32. The van der Waals surface area contributed by atoms with Crippen molar-refractivity contribution in [1.82, 2.24) is 0 Å². The molecule has 104 valence electrons. The van der Waals surface area contributed by atoms with E-state index in [4.69, 9.17) is 4.74 Å². The molecule has 4 heteroatoms. The molecule has 0 atom stereocenters. The van der Waals surface area contributed by atoms with Gasteiger partial charge in [-0.15, -0.1) is 0 Å². The van der Waals surface area contributed by atoms with Crippen molar-refractivity contribution in [3.05, 3.63) is 53.3 Å². The number of aromatic hydroxyl groups is 1. The van der Waals surface area contributed by atoms with Crippen LogP contribution in [0.5, 0.6) is 11.5 Å². The Morgan fingerprint density at radius 3 is 2.85 bits per heavy atom. The molecule has 1 N–H and O–H groups in total. The molecule has 2 rings (SSSR count). The van der Waals surface area contributed by atoms with Crippen LogP contribution in [0.15, 0.2) is 41.4 Å². The second-order valence-corrected chi connectivity index (χ2v) is 4.32. The fourth-order valence-electron chi connectivity index (χ4n) is 1.78. The van der Waals surface area contributed by atoms with Gasteiger partial charge in [0.05, 0.1) is 12.3 Å². The van der Waals surface area contributed by atoms with Gasteiger partial charge in [-0.1, -0.05) is 12.1 Å². The van der Waals surface area contributed by atoms with E-state index >= 15 is 0 Å². The summed E-state index contributed by atoms with van der Waals surface area (Å²) in [5, 5.41) is 10.0. The molecule has 20 heavy (non-hydrogen) atoms. The molecular weight excluding hydrogens is 257 g/mol. The lowest BCUT2D eigenvalue weighted by Gasteiger charge is -2.07. The van der Waals surface area contributed by atoms with Crippen molar-refractivity contribution in [2.75, 3.05) is 6.61 Å². The highest BCUT2D eigenvalue weighted by atomic mass is 19.1.